The Hall–Kier alpha value is -2.27. The predicted octanol–water partition coefficient (Wildman–Crippen LogP) is 2.11. The minimum absolute atomic E-state index is 0.331. The molecule has 1 aliphatic heterocycles. The van der Waals surface area contributed by atoms with Crippen molar-refractivity contribution in [3.63, 3.8) is 0 Å². The summed E-state index contributed by atoms with van der Waals surface area (Å²) in [6.07, 6.45) is 3.97. The smallest absolute Gasteiger partial charge is 0.221 e. The predicted molar refractivity (Wildman–Crippen MR) is 77.5 cm³/mol. The number of hydrogen-bond acceptors (Lipinski definition) is 4. The van der Waals surface area contributed by atoms with Crippen molar-refractivity contribution < 1.29 is 4.74 Å². The monoisotopic (exact) mass is 270 g/mol. The Morgan fingerprint density at radius 2 is 2.00 bits per heavy atom. The minimum Gasteiger partial charge on any atom is -0.481 e. The van der Waals surface area contributed by atoms with Gasteiger partial charge in [-0.1, -0.05) is 18.2 Å². The average molecular weight is 270 g/mol. The summed E-state index contributed by atoms with van der Waals surface area (Å²) in [5.41, 5.74) is 9.12. The van der Waals surface area contributed by atoms with E-state index in [1.807, 2.05) is 48.1 Å². The van der Waals surface area contributed by atoms with E-state index in [2.05, 4.69) is 29.0 Å². The van der Waals surface area contributed by atoms with E-state index in [4.69, 9.17) is 4.74 Å². The van der Waals surface area contributed by atoms with E-state index in [0.29, 0.717) is 0 Å². The topological polar surface area (TPSA) is 51.1 Å². The van der Waals surface area contributed by atoms with Gasteiger partial charge in [0, 0.05) is 5.70 Å². The molecule has 1 atom stereocenters. The molecule has 104 valence electrons. The van der Waals surface area contributed by atoms with Gasteiger partial charge in [0.1, 0.15) is 0 Å². The fourth-order valence-electron chi connectivity index (χ4n) is 2.52. The van der Waals surface area contributed by atoms with Crippen LogP contribution >= 0.6 is 0 Å². The Morgan fingerprint density at radius 3 is 2.60 bits per heavy atom. The maximum Gasteiger partial charge on any atom is 0.221 e. The summed E-state index contributed by atoms with van der Waals surface area (Å²) in [7, 11) is 1.67. The Kier molecular flexibility index (Phi) is 2.99. The molecule has 0 radical (unpaired) electrons. The third-order valence-electron chi connectivity index (χ3n) is 3.50. The van der Waals surface area contributed by atoms with Crippen LogP contribution in [0, 0.1) is 0 Å². The van der Waals surface area contributed by atoms with E-state index in [1.54, 1.807) is 7.11 Å². The molecular weight excluding hydrogens is 252 g/mol. The molecule has 5 heteroatoms. The molecule has 1 aromatic carbocycles. The summed E-state index contributed by atoms with van der Waals surface area (Å²) in [4.78, 5) is 0. The van der Waals surface area contributed by atoms with Crippen LogP contribution in [0.5, 0.6) is 5.88 Å². The van der Waals surface area contributed by atoms with Crippen molar-refractivity contribution >= 4 is 0 Å². The lowest BCUT2D eigenvalue weighted by Crippen LogP contribution is -2.39. The second kappa shape index (κ2) is 4.68. The van der Waals surface area contributed by atoms with Crippen LogP contribution < -0.4 is 15.6 Å². The first-order valence-electron chi connectivity index (χ1n) is 6.54. The van der Waals surface area contributed by atoms with Crippen molar-refractivity contribution in [2.75, 3.05) is 7.11 Å². The number of methoxy groups -OCH3 is 1. The van der Waals surface area contributed by atoms with Gasteiger partial charge < -0.3 is 10.2 Å². The maximum atomic E-state index is 5.59. The van der Waals surface area contributed by atoms with Crippen molar-refractivity contribution in [3.8, 4) is 11.6 Å². The number of rotatable bonds is 3. The number of benzene rings is 1. The number of allylic oxidation sites excluding steroid dienone is 1. The van der Waals surface area contributed by atoms with Gasteiger partial charge in [-0.15, -0.1) is 0 Å². The molecule has 0 saturated heterocycles. The van der Waals surface area contributed by atoms with Gasteiger partial charge in [0.05, 0.1) is 30.1 Å². The second-order valence-corrected chi connectivity index (χ2v) is 5.09. The van der Waals surface area contributed by atoms with Gasteiger partial charge in [0.25, 0.3) is 0 Å². The summed E-state index contributed by atoms with van der Waals surface area (Å²) in [6.45, 7) is 4.11. The van der Waals surface area contributed by atoms with Crippen molar-refractivity contribution in [2.24, 2.45) is 0 Å². The summed E-state index contributed by atoms with van der Waals surface area (Å²) in [5.74, 6) is 0.735. The van der Waals surface area contributed by atoms with Crippen molar-refractivity contribution in [1.29, 1.82) is 0 Å². The molecule has 0 fully saturated rings. The van der Waals surface area contributed by atoms with Crippen LogP contribution in [0.2, 0.25) is 0 Å². The first-order valence-corrected chi connectivity index (χ1v) is 6.54. The zero-order valence-electron chi connectivity index (χ0n) is 11.8. The Labute approximate surface area is 118 Å². The third kappa shape index (κ3) is 1.96. The number of aromatic nitrogens is 2. The standard InChI is InChI=1S/C15H18N4O/c1-11-9-15(2,18-17-11)13-10-16-19(14(13)20-3)12-7-5-4-6-8-12/h4-10,17-18H,1-3H3. The van der Waals surface area contributed by atoms with Crippen LogP contribution in [0.4, 0.5) is 0 Å². The fraction of sp³-hybridized carbons (Fsp3) is 0.267. The molecule has 2 heterocycles. The molecule has 2 N–H and O–H groups in total. The maximum absolute atomic E-state index is 5.59. The molecule has 1 aliphatic rings. The lowest BCUT2D eigenvalue weighted by molar-refractivity contribution is 0.359. The van der Waals surface area contributed by atoms with Gasteiger partial charge in [-0.25, -0.2) is 10.1 Å². The van der Waals surface area contributed by atoms with Crippen LogP contribution in [0.1, 0.15) is 19.4 Å². The zero-order valence-corrected chi connectivity index (χ0v) is 11.8. The number of hydrogen-bond donors (Lipinski definition) is 2. The van der Waals surface area contributed by atoms with Crippen LogP contribution in [0.3, 0.4) is 0 Å². The number of nitrogens with one attached hydrogen (secondary N) is 2. The SMILES string of the molecule is COc1c(C2(C)C=C(C)NN2)cnn1-c1ccccc1. The quantitative estimate of drug-likeness (QED) is 0.897. The zero-order chi connectivity index (χ0) is 14.2. The van der Waals surface area contributed by atoms with Crippen LogP contribution in [-0.2, 0) is 5.54 Å². The second-order valence-electron chi connectivity index (χ2n) is 5.09. The Balaban J connectivity index is 2.09. The molecule has 5 nitrogen and oxygen atoms in total. The molecule has 20 heavy (non-hydrogen) atoms. The van der Waals surface area contributed by atoms with Crippen molar-refractivity contribution in [3.05, 3.63) is 53.9 Å². The summed E-state index contributed by atoms with van der Waals surface area (Å²) < 4.78 is 7.40. The van der Waals surface area contributed by atoms with E-state index < -0.39 is 0 Å². The highest BCUT2D eigenvalue weighted by molar-refractivity contribution is 5.44. The molecule has 3 rings (SSSR count). The van der Waals surface area contributed by atoms with Crippen LogP contribution in [-0.4, -0.2) is 16.9 Å². The van der Waals surface area contributed by atoms with E-state index >= 15 is 0 Å². The third-order valence-corrected chi connectivity index (χ3v) is 3.50. The lowest BCUT2D eigenvalue weighted by Gasteiger charge is -2.22. The van der Waals surface area contributed by atoms with Gasteiger partial charge in [-0.2, -0.15) is 5.10 Å². The molecule has 0 bridgehead atoms. The Morgan fingerprint density at radius 1 is 1.25 bits per heavy atom. The van der Waals surface area contributed by atoms with Crippen molar-refractivity contribution in [2.45, 2.75) is 19.4 Å². The van der Waals surface area contributed by atoms with Crippen molar-refractivity contribution in [1.82, 2.24) is 20.6 Å². The van der Waals surface area contributed by atoms with E-state index in [9.17, 15) is 0 Å². The van der Waals surface area contributed by atoms with E-state index in [1.165, 1.54) is 0 Å². The molecule has 1 aromatic heterocycles. The molecule has 1 unspecified atom stereocenters. The number of nitrogens with zero attached hydrogens (tertiary/aromatic N) is 2. The summed E-state index contributed by atoms with van der Waals surface area (Å²) >= 11 is 0. The number of hydrazine groups is 1. The molecule has 0 spiro atoms. The molecule has 2 aromatic rings. The molecule has 0 amide bonds. The minimum atomic E-state index is -0.331. The van der Waals surface area contributed by atoms with Crippen LogP contribution in [0.25, 0.3) is 5.69 Å². The van der Waals surface area contributed by atoms with E-state index in [-0.39, 0.29) is 5.54 Å². The fourth-order valence-corrected chi connectivity index (χ4v) is 2.52. The summed E-state index contributed by atoms with van der Waals surface area (Å²) in [6, 6.07) is 9.96. The first kappa shape index (κ1) is 12.7. The first-order chi connectivity index (χ1) is 9.64. The average Bonchev–Trinajstić information content (AvgIpc) is 3.04. The number of ether oxygens (including phenoxy) is 1. The van der Waals surface area contributed by atoms with Gasteiger partial charge in [0.15, 0.2) is 0 Å². The Bertz CT molecular complexity index is 647. The largest absolute Gasteiger partial charge is 0.481 e. The van der Waals surface area contributed by atoms with Gasteiger partial charge >= 0.3 is 0 Å². The normalized spacial score (nSPS) is 21.4. The van der Waals surface area contributed by atoms with Crippen LogP contribution in [0.15, 0.2) is 48.3 Å². The lowest BCUT2D eigenvalue weighted by atomic mass is 9.95. The highest BCUT2D eigenvalue weighted by atomic mass is 16.5. The molecule has 0 aliphatic carbocycles. The summed E-state index contributed by atoms with van der Waals surface area (Å²) in [5, 5.41) is 4.47. The van der Waals surface area contributed by atoms with E-state index in [0.717, 1.165) is 22.8 Å². The highest BCUT2D eigenvalue weighted by Crippen LogP contribution is 2.34. The van der Waals surface area contributed by atoms with Gasteiger partial charge in [0.2, 0.25) is 5.88 Å². The van der Waals surface area contributed by atoms with Gasteiger partial charge in [-0.05, 0) is 32.1 Å². The van der Waals surface area contributed by atoms with Gasteiger partial charge in [-0.3, -0.25) is 0 Å². The highest BCUT2D eigenvalue weighted by Gasteiger charge is 2.34. The molecular formula is C15H18N4O. The molecule has 0 saturated carbocycles. The number of para-hydroxylation sites is 1.